The number of pyridine rings is 1. The Morgan fingerprint density at radius 3 is 2.95 bits per heavy atom. The fraction of sp³-hybridized carbons (Fsp3) is 0.353. The van der Waals surface area contributed by atoms with E-state index in [0.29, 0.717) is 6.54 Å². The second-order valence-electron chi connectivity index (χ2n) is 5.70. The van der Waals surface area contributed by atoms with Crippen molar-refractivity contribution in [1.29, 1.82) is 0 Å². The van der Waals surface area contributed by atoms with Crippen molar-refractivity contribution in [3.63, 3.8) is 0 Å². The lowest BCUT2D eigenvalue weighted by Crippen LogP contribution is -2.34. The van der Waals surface area contributed by atoms with Gasteiger partial charge in [0.2, 0.25) is 0 Å². The van der Waals surface area contributed by atoms with Crippen LogP contribution < -0.4 is 5.32 Å². The Bertz CT molecular complexity index is 635. The van der Waals surface area contributed by atoms with Gasteiger partial charge in [-0.3, -0.25) is 9.88 Å². The van der Waals surface area contributed by atoms with E-state index in [4.69, 9.17) is 11.6 Å². The van der Waals surface area contributed by atoms with E-state index in [1.54, 1.807) is 18.3 Å². The first kappa shape index (κ1) is 15.4. The molecule has 2 aromatic rings. The van der Waals surface area contributed by atoms with Gasteiger partial charge < -0.3 is 5.32 Å². The van der Waals surface area contributed by atoms with Crippen LogP contribution in [0, 0.1) is 5.82 Å². The lowest BCUT2D eigenvalue weighted by atomic mass is 10.00. The summed E-state index contributed by atoms with van der Waals surface area (Å²) in [4.78, 5) is 6.58. The molecule has 1 aliphatic rings. The van der Waals surface area contributed by atoms with Gasteiger partial charge >= 0.3 is 0 Å². The van der Waals surface area contributed by atoms with Gasteiger partial charge in [0.05, 0.1) is 10.7 Å². The quantitative estimate of drug-likeness (QED) is 0.936. The highest BCUT2D eigenvalue weighted by Gasteiger charge is 2.33. The van der Waals surface area contributed by atoms with E-state index >= 15 is 0 Å². The Morgan fingerprint density at radius 1 is 1.36 bits per heavy atom. The summed E-state index contributed by atoms with van der Waals surface area (Å²) < 4.78 is 13.8. The smallest absolute Gasteiger partial charge is 0.142 e. The highest BCUT2D eigenvalue weighted by atomic mass is 35.5. The molecule has 1 fully saturated rings. The summed E-state index contributed by atoms with van der Waals surface area (Å²) >= 11 is 5.79. The third-order valence-electron chi connectivity index (χ3n) is 4.21. The minimum atomic E-state index is -0.358. The number of likely N-dealkylation sites (tertiary alicyclic amines) is 1. The van der Waals surface area contributed by atoms with Crippen LogP contribution in [0.1, 0.15) is 23.7 Å². The standard InChI is InChI=1S/C17H19ClFN3/c1-22-9-7-16(21-11-13-4-2-3-8-20-13)17(22)12-5-6-14(18)15(19)10-12/h2-6,8,10,16-17,21H,7,9,11H2,1H3. The molecule has 22 heavy (non-hydrogen) atoms. The number of rotatable bonds is 4. The third-order valence-corrected chi connectivity index (χ3v) is 4.51. The average Bonchev–Trinajstić information content (AvgIpc) is 2.90. The van der Waals surface area contributed by atoms with Crippen molar-refractivity contribution >= 4 is 11.6 Å². The van der Waals surface area contributed by atoms with Crippen LogP contribution in [0.2, 0.25) is 5.02 Å². The van der Waals surface area contributed by atoms with E-state index in [0.717, 1.165) is 24.2 Å². The van der Waals surface area contributed by atoms with E-state index in [1.165, 1.54) is 0 Å². The van der Waals surface area contributed by atoms with Gasteiger partial charge in [-0.2, -0.15) is 0 Å². The number of halogens is 2. The van der Waals surface area contributed by atoms with Crippen LogP contribution in [-0.2, 0) is 6.54 Å². The zero-order chi connectivity index (χ0) is 15.5. The van der Waals surface area contributed by atoms with Crippen LogP contribution >= 0.6 is 11.6 Å². The average molecular weight is 320 g/mol. The predicted molar refractivity (Wildman–Crippen MR) is 86.3 cm³/mol. The molecule has 2 atom stereocenters. The number of hydrogen-bond acceptors (Lipinski definition) is 3. The molecule has 0 aliphatic carbocycles. The number of aromatic nitrogens is 1. The van der Waals surface area contributed by atoms with Crippen molar-refractivity contribution in [2.75, 3.05) is 13.6 Å². The zero-order valence-electron chi connectivity index (χ0n) is 12.5. The van der Waals surface area contributed by atoms with Crippen molar-refractivity contribution < 1.29 is 4.39 Å². The molecular formula is C17H19ClFN3. The maximum Gasteiger partial charge on any atom is 0.142 e. The molecule has 0 radical (unpaired) electrons. The van der Waals surface area contributed by atoms with Gasteiger partial charge in [-0.05, 0) is 43.3 Å². The first-order chi connectivity index (χ1) is 10.6. The van der Waals surface area contributed by atoms with Gasteiger partial charge in [0.25, 0.3) is 0 Å². The molecule has 0 bridgehead atoms. The lowest BCUT2D eigenvalue weighted by molar-refractivity contribution is 0.285. The van der Waals surface area contributed by atoms with Crippen LogP contribution in [-0.4, -0.2) is 29.5 Å². The molecule has 5 heteroatoms. The molecule has 0 spiro atoms. The Hall–Kier alpha value is -1.49. The summed E-state index contributed by atoms with van der Waals surface area (Å²) in [6, 6.07) is 11.4. The van der Waals surface area contributed by atoms with Crippen LogP contribution in [0.25, 0.3) is 0 Å². The first-order valence-electron chi connectivity index (χ1n) is 7.43. The van der Waals surface area contributed by atoms with Gasteiger partial charge in [0, 0.05) is 31.4 Å². The Balaban J connectivity index is 1.74. The molecular weight excluding hydrogens is 301 g/mol. The monoisotopic (exact) mass is 319 g/mol. The van der Waals surface area contributed by atoms with E-state index in [-0.39, 0.29) is 22.9 Å². The summed E-state index contributed by atoms with van der Waals surface area (Å²) in [7, 11) is 2.07. The first-order valence-corrected chi connectivity index (χ1v) is 7.81. The summed E-state index contributed by atoms with van der Waals surface area (Å²) in [5, 5.41) is 3.72. The van der Waals surface area contributed by atoms with Crippen molar-refractivity contribution in [3.05, 3.63) is 64.7 Å². The van der Waals surface area contributed by atoms with E-state index in [2.05, 4.69) is 22.2 Å². The van der Waals surface area contributed by atoms with E-state index in [1.807, 2.05) is 24.3 Å². The Morgan fingerprint density at radius 2 is 2.23 bits per heavy atom. The maximum absolute atomic E-state index is 13.8. The van der Waals surface area contributed by atoms with Gasteiger partial charge in [0.1, 0.15) is 5.82 Å². The van der Waals surface area contributed by atoms with Crippen LogP contribution in [0.5, 0.6) is 0 Å². The minimum Gasteiger partial charge on any atom is -0.306 e. The molecule has 2 heterocycles. The van der Waals surface area contributed by atoms with Crippen molar-refractivity contribution in [2.45, 2.75) is 25.0 Å². The molecule has 1 saturated heterocycles. The van der Waals surface area contributed by atoms with Gasteiger partial charge in [0.15, 0.2) is 0 Å². The van der Waals surface area contributed by atoms with Crippen LogP contribution in [0.3, 0.4) is 0 Å². The van der Waals surface area contributed by atoms with Crippen molar-refractivity contribution in [3.8, 4) is 0 Å². The molecule has 116 valence electrons. The SMILES string of the molecule is CN1CCC(NCc2ccccn2)C1c1ccc(Cl)c(F)c1. The molecule has 1 N–H and O–H groups in total. The maximum atomic E-state index is 13.8. The molecule has 0 saturated carbocycles. The number of benzene rings is 1. The highest BCUT2D eigenvalue weighted by Crippen LogP contribution is 2.32. The van der Waals surface area contributed by atoms with E-state index < -0.39 is 0 Å². The van der Waals surface area contributed by atoms with Crippen LogP contribution in [0.15, 0.2) is 42.6 Å². The van der Waals surface area contributed by atoms with Gasteiger partial charge in [-0.25, -0.2) is 4.39 Å². The number of nitrogens with one attached hydrogen (secondary N) is 1. The molecule has 0 amide bonds. The fourth-order valence-corrected chi connectivity index (χ4v) is 3.20. The molecule has 1 aliphatic heterocycles. The number of likely N-dealkylation sites (N-methyl/N-ethyl adjacent to an activating group) is 1. The number of nitrogens with zero attached hydrogens (tertiary/aromatic N) is 2. The second kappa shape index (κ2) is 6.73. The van der Waals surface area contributed by atoms with E-state index in [9.17, 15) is 4.39 Å². The highest BCUT2D eigenvalue weighted by molar-refractivity contribution is 6.30. The predicted octanol–water partition coefficient (Wildman–Crippen LogP) is 3.41. The summed E-state index contributed by atoms with van der Waals surface area (Å²) in [5.41, 5.74) is 1.97. The lowest BCUT2D eigenvalue weighted by Gasteiger charge is -2.26. The summed E-state index contributed by atoms with van der Waals surface area (Å²) in [5.74, 6) is -0.358. The third kappa shape index (κ3) is 3.29. The topological polar surface area (TPSA) is 28.2 Å². The summed E-state index contributed by atoms with van der Waals surface area (Å²) in [6.07, 6.45) is 2.82. The number of hydrogen-bond donors (Lipinski definition) is 1. The largest absolute Gasteiger partial charge is 0.306 e. The molecule has 2 unspecified atom stereocenters. The van der Waals surface area contributed by atoms with Crippen LogP contribution in [0.4, 0.5) is 4.39 Å². The molecule has 1 aromatic heterocycles. The minimum absolute atomic E-state index is 0.149. The second-order valence-corrected chi connectivity index (χ2v) is 6.10. The molecule has 3 rings (SSSR count). The molecule has 1 aromatic carbocycles. The van der Waals surface area contributed by atoms with Gasteiger partial charge in [-0.15, -0.1) is 0 Å². The summed E-state index contributed by atoms with van der Waals surface area (Å²) in [6.45, 7) is 1.70. The molecule has 3 nitrogen and oxygen atoms in total. The van der Waals surface area contributed by atoms with Gasteiger partial charge in [-0.1, -0.05) is 23.7 Å². The van der Waals surface area contributed by atoms with Crippen molar-refractivity contribution in [1.82, 2.24) is 15.2 Å². The van der Waals surface area contributed by atoms with Crippen molar-refractivity contribution in [2.24, 2.45) is 0 Å². The fourth-order valence-electron chi connectivity index (χ4n) is 3.08. The normalized spacial score (nSPS) is 22.1. The Kier molecular flexibility index (Phi) is 4.71. The Labute approximate surface area is 135 Å². The zero-order valence-corrected chi connectivity index (χ0v) is 13.2.